The number of hydrogen-bond acceptors (Lipinski definition) is 2. The SMILES string of the molecule is CCC(CC)(CC)C[SiH](OC)OC. The smallest absolute Gasteiger partial charge is 0.321 e. The van der Waals surface area contributed by atoms with Crippen LogP contribution in [0.4, 0.5) is 0 Å². The molecule has 0 saturated heterocycles. The van der Waals surface area contributed by atoms with Gasteiger partial charge in [0.1, 0.15) is 0 Å². The lowest BCUT2D eigenvalue weighted by Gasteiger charge is -2.32. The fraction of sp³-hybridized carbons (Fsp3) is 1.00. The molecule has 0 aromatic carbocycles. The summed E-state index contributed by atoms with van der Waals surface area (Å²) < 4.78 is 10.8. The van der Waals surface area contributed by atoms with Gasteiger partial charge in [0.05, 0.1) is 0 Å². The second-order valence-corrected chi connectivity index (χ2v) is 5.88. The molecule has 0 N–H and O–H groups in total. The number of rotatable bonds is 7. The Morgan fingerprint density at radius 1 is 0.923 bits per heavy atom. The molecular weight excluding hydrogens is 180 g/mol. The minimum atomic E-state index is -1.37. The molecule has 0 aliphatic rings. The first kappa shape index (κ1) is 13.1. The molecule has 0 fully saturated rings. The van der Waals surface area contributed by atoms with Crippen molar-refractivity contribution in [1.82, 2.24) is 0 Å². The van der Waals surface area contributed by atoms with Crippen molar-refractivity contribution in [3.8, 4) is 0 Å². The van der Waals surface area contributed by atoms with Crippen LogP contribution in [0, 0.1) is 5.41 Å². The summed E-state index contributed by atoms with van der Waals surface area (Å²) in [4.78, 5) is 0. The first-order valence-corrected chi connectivity index (χ1v) is 6.99. The van der Waals surface area contributed by atoms with Gasteiger partial charge in [-0.25, -0.2) is 0 Å². The zero-order valence-electron chi connectivity index (χ0n) is 9.72. The van der Waals surface area contributed by atoms with Crippen molar-refractivity contribution in [3.63, 3.8) is 0 Å². The molecule has 0 aromatic rings. The fourth-order valence-corrected chi connectivity index (χ4v) is 3.90. The molecule has 0 atom stereocenters. The summed E-state index contributed by atoms with van der Waals surface area (Å²) in [6, 6.07) is 1.14. The van der Waals surface area contributed by atoms with E-state index >= 15 is 0 Å². The van der Waals surface area contributed by atoms with Crippen LogP contribution in [0.5, 0.6) is 0 Å². The highest BCUT2D eigenvalue weighted by Crippen LogP contribution is 2.36. The number of hydrogen-bond donors (Lipinski definition) is 0. The predicted octanol–water partition coefficient (Wildman–Crippen LogP) is 2.72. The van der Waals surface area contributed by atoms with Crippen LogP contribution in [-0.2, 0) is 8.85 Å². The van der Waals surface area contributed by atoms with Gasteiger partial charge in [0, 0.05) is 14.2 Å². The monoisotopic (exact) mass is 204 g/mol. The minimum absolute atomic E-state index is 0.461. The highest BCUT2D eigenvalue weighted by Gasteiger charge is 2.29. The lowest BCUT2D eigenvalue weighted by Crippen LogP contribution is -2.30. The summed E-state index contributed by atoms with van der Waals surface area (Å²) >= 11 is 0. The van der Waals surface area contributed by atoms with Gasteiger partial charge in [-0.1, -0.05) is 40.0 Å². The lowest BCUT2D eigenvalue weighted by atomic mass is 9.82. The van der Waals surface area contributed by atoms with E-state index in [9.17, 15) is 0 Å². The summed E-state index contributed by atoms with van der Waals surface area (Å²) in [5.41, 5.74) is 0.461. The van der Waals surface area contributed by atoms with E-state index in [1.807, 2.05) is 0 Å². The fourth-order valence-electron chi connectivity index (χ4n) is 1.80. The van der Waals surface area contributed by atoms with Crippen molar-refractivity contribution in [2.75, 3.05) is 14.2 Å². The molecule has 0 aliphatic carbocycles. The van der Waals surface area contributed by atoms with Gasteiger partial charge >= 0.3 is 9.28 Å². The molecule has 0 aromatic heterocycles. The van der Waals surface area contributed by atoms with Crippen LogP contribution in [0.1, 0.15) is 40.0 Å². The molecule has 0 spiro atoms. The van der Waals surface area contributed by atoms with Gasteiger partial charge < -0.3 is 8.85 Å². The van der Waals surface area contributed by atoms with Crippen LogP contribution in [0.25, 0.3) is 0 Å². The second kappa shape index (κ2) is 6.57. The van der Waals surface area contributed by atoms with Gasteiger partial charge in [-0.15, -0.1) is 0 Å². The normalized spacial score (nSPS) is 12.5. The predicted molar refractivity (Wildman–Crippen MR) is 59.3 cm³/mol. The third kappa shape index (κ3) is 3.79. The minimum Gasteiger partial charge on any atom is -0.400 e. The van der Waals surface area contributed by atoms with Crippen LogP contribution in [0.15, 0.2) is 0 Å². The Balaban J connectivity index is 4.21. The van der Waals surface area contributed by atoms with Gasteiger partial charge in [0.15, 0.2) is 0 Å². The Morgan fingerprint density at radius 2 is 1.31 bits per heavy atom. The molecule has 0 bridgehead atoms. The molecule has 0 amide bonds. The third-order valence-electron chi connectivity index (χ3n) is 3.38. The lowest BCUT2D eigenvalue weighted by molar-refractivity contribution is 0.220. The largest absolute Gasteiger partial charge is 0.400 e. The molecule has 3 heteroatoms. The quantitative estimate of drug-likeness (QED) is 0.594. The van der Waals surface area contributed by atoms with E-state index in [1.54, 1.807) is 14.2 Å². The Hall–Kier alpha value is 0.137. The average molecular weight is 204 g/mol. The van der Waals surface area contributed by atoms with Crippen molar-refractivity contribution in [1.29, 1.82) is 0 Å². The highest BCUT2D eigenvalue weighted by atomic mass is 28.3. The Kier molecular flexibility index (Phi) is 6.64. The standard InChI is InChI=1S/C10H24O2Si/c1-6-10(7-2,8-3)9-13(11-4)12-5/h13H,6-9H2,1-5H3. The van der Waals surface area contributed by atoms with Crippen molar-refractivity contribution in [2.45, 2.75) is 46.1 Å². The molecule has 0 unspecified atom stereocenters. The maximum atomic E-state index is 5.38. The third-order valence-corrected chi connectivity index (χ3v) is 5.63. The van der Waals surface area contributed by atoms with Crippen LogP contribution in [0.3, 0.4) is 0 Å². The first-order valence-electron chi connectivity index (χ1n) is 5.23. The van der Waals surface area contributed by atoms with Gasteiger partial charge in [0.2, 0.25) is 0 Å². The van der Waals surface area contributed by atoms with E-state index in [-0.39, 0.29) is 0 Å². The van der Waals surface area contributed by atoms with Gasteiger partial charge in [0.25, 0.3) is 0 Å². The van der Waals surface area contributed by atoms with E-state index in [2.05, 4.69) is 20.8 Å². The first-order chi connectivity index (χ1) is 6.17. The van der Waals surface area contributed by atoms with E-state index in [0.717, 1.165) is 6.04 Å². The summed E-state index contributed by atoms with van der Waals surface area (Å²) in [6.45, 7) is 6.80. The van der Waals surface area contributed by atoms with Gasteiger partial charge in [-0.2, -0.15) is 0 Å². The Bertz CT molecular complexity index is 112. The van der Waals surface area contributed by atoms with Gasteiger partial charge in [-0.3, -0.25) is 0 Å². The second-order valence-electron chi connectivity index (χ2n) is 3.67. The molecule has 0 radical (unpaired) electrons. The molecule has 2 nitrogen and oxygen atoms in total. The summed E-state index contributed by atoms with van der Waals surface area (Å²) in [5, 5.41) is 0. The molecule has 0 rings (SSSR count). The maximum Gasteiger partial charge on any atom is 0.321 e. The van der Waals surface area contributed by atoms with Crippen molar-refractivity contribution in [3.05, 3.63) is 0 Å². The molecule has 0 heterocycles. The van der Waals surface area contributed by atoms with Crippen LogP contribution in [0.2, 0.25) is 6.04 Å². The average Bonchev–Trinajstić information content (AvgIpc) is 2.21. The summed E-state index contributed by atoms with van der Waals surface area (Å²) in [5.74, 6) is 0. The van der Waals surface area contributed by atoms with E-state index in [0.29, 0.717) is 5.41 Å². The Morgan fingerprint density at radius 3 is 1.54 bits per heavy atom. The van der Waals surface area contributed by atoms with E-state index in [4.69, 9.17) is 8.85 Å². The van der Waals surface area contributed by atoms with Crippen molar-refractivity contribution in [2.24, 2.45) is 5.41 Å². The summed E-state index contributed by atoms with van der Waals surface area (Å²) in [6.07, 6.45) is 3.70. The molecule has 0 saturated carbocycles. The zero-order valence-corrected chi connectivity index (χ0v) is 10.9. The zero-order chi connectivity index (χ0) is 10.3. The molecule has 80 valence electrons. The van der Waals surface area contributed by atoms with Crippen LogP contribution >= 0.6 is 0 Å². The van der Waals surface area contributed by atoms with Crippen LogP contribution in [-0.4, -0.2) is 23.5 Å². The van der Waals surface area contributed by atoms with E-state index in [1.165, 1.54) is 19.3 Å². The highest BCUT2D eigenvalue weighted by molar-refractivity contribution is 6.44. The van der Waals surface area contributed by atoms with Crippen LogP contribution < -0.4 is 0 Å². The summed E-state index contributed by atoms with van der Waals surface area (Å²) in [7, 11) is 2.17. The molecule has 13 heavy (non-hydrogen) atoms. The van der Waals surface area contributed by atoms with Crippen molar-refractivity contribution >= 4 is 9.28 Å². The van der Waals surface area contributed by atoms with Gasteiger partial charge in [-0.05, 0) is 11.5 Å². The maximum absolute atomic E-state index is 5.38. The molecular formula is C10H24O2Si. The Labute approximate surface area is 84.5 Å². The topological polar surface area (TPSA) is 18.5 Å². The molecule has 0 aliphatic heterocycles. The van der Waals surface area contributed by atoms with Crippen molar-refractivity contribution < 1.29 is 8.85 Å². The van der Waals surface area contributed by atoms with E-state index < -0.39 is 9.28 Å².